The normalized spacial score (nSPS) is 32.0. The third-order valence-corrected chi connectivity index (χ3v) is 5.89. The number of carbonyl (C=O) groups excluding carboxylic acids is 1. The molecule has 0 radical (unpaired) electrons. The fraction of sp³-hybridized carbons (Fsp3) is 0.278. The molecule has 1 amide bonds. The Morgan fingerprint density at radius 3 is 3.00 bits per heavy atom. The number of carbonyl (C=O) groups is 1. The fourth-order valence-electron chi connectivity index (χ4n) is 4.66. The van der Waals surface area contributed by atoms with Crippen molar-refractivity contribution in [3.63, 3.8) is 0 Å². The van der Waals surface area contributed by atoms with Gasteiger partial charge in [0, 0.05) is 18.2 Å². The molecule has 0 N–H and O–H groups in total. The number of allylic oxidation sites excluding steroid dienone is 3. The van der Waals surface area contributed by atoms with E-state index in [1.54, 1.807) is 0 Å². The van der Waals surface area contributed by atoms with Crippen LogP contribution in [0.4, 0.5) is 0 Å². The number of hydrogen-bond acceptors (Lipinski definition) is 1. The van der Waals surface area contributed by atoms with Crippen LogP contribution in [0.15, 0.2) is 53.1 Å². The van der Waals surface area contributed by atoms with Crippen molar-refractivity contribution in [2.45, 2.75) is 23.8 Å². The lowest BCUT2D eigenvalue weighted by atomic mass is 9.61. The van der Waals surface area contributed by atoms with E-state index < -0.39 is 0 Å². The quantitative estimate of drug-likeness (QED) is 0.672. The molecule has 5 aliphatic rings. The number of likely N-dealkylation sites (N-methyl/N-ethyl adjacent to an activating group) is 1. The van der Waals surface area contributed by atoms with Crippen LogP contribution in [0.2, 0.25) is 0 Å². The molecule has 6 rings (SSSR count). The van der Waals surface area contributed by atoms with Gasteiger partial charge >= 0.3 is 0 Å². The summed E-state index contributed by atoms with van der Waals surface area (Å²) in [5.74, 6) is 0.0878. The molecule has 2 unspecified atom stereocenters. The number of alkyl halides is 1. The highest BCUT2D eigenvalue weighted by Crippen LogP contribution is 2.62. The summed E-state index contributed by atoms with van der Waals surface area (Å²) in [6.07, 6.45) is 6.08. The largest absolute Gasteiger partial charge is 0.328 e. The van der Waals surface area contributed by atoms with Gasteiger partial charge in [-0.05, 0) is 35.1 Å². The van der Waals surface area contributed by atoms with E-state index >= 15 is 0 Å². The van der Waals surface area contributed by atoms with E-state index in [1.807, 2.05) is 18.0 Å². The molecule has 4 aliphatic carbocycles. The summed E-state index contributed by atoms with van der Waals surface area (Å²) in [6, 6.07) is 8.52. The third kappa shape index (κ3) is 1.09. The van der Waals surface area contributed by atoms with Crippen LogP contribution in [0.3, 0.4) is 0 Å². The van der Waals surface area contributed by atoms with Gasteiger partial charge in [0.1, 0.15) is 0 Å². The van der Waals surface area contributed by atoms with Gasteiger partial charge in [-0.15, -0.1) is 11.6 Å². The van der Waals surface area contributed by atoms with Crippen LogP contribution in [0.25, 0.3) is 5.57 Å². The number of hydrogen-bond donors (Lipinski definition) is 0. The maximum atomic E-state index is 12.8. The number of rotatable bonds is 0. The van der Waals surface area contributed by atoms with Crippen LogP contribution < -0.4 is 0 Å². The molecule has 2 bridgehead atoms. The molecule has 0 fully saturated rings. The lowest BCUT2D eigenvalue weighted by Gasteiger charge is -2.49. The Balaban J connectivity index is 1.98. The molecule has 1 aromatic rings. The first-order chi connectivity index (χ1) is 10.2. The van der Waals surface area contributed by atoms with Crippen molar-refractivity contribution < 1.29 is 4.79 Å². The molecule has 2 nitrogen and oxygen atoms in total. The Morgan fingerprint density at radius 1 is 1.33 bits per heavy atom. The van der Waals surface area contributed by atoms with Gasteiger partial charge in [0.15, 0.2) is 0 Å². The zero-order chi connectivity index (χ0) is 14.4. The Labute approximate surface area is 128 Å². The van der Waals surface area contributed by atoms with E-state index in [9.17, 15) is 4.79 Å². The second kappa shape index (κ2) is 3.50. The lowest BCUT2D eigenvalue weighted by Crippen LogP contribution is -2.47. The molecule has 0 saturated carbocycles. The average molecular weight is 296 g/mol. The van der Waals surface area contributed by atoms with E-state index in [1.165, 1.54) is 27.8 Å². The Kier molecular flexibility index (Phi) is 1.97. The van der Waals surface area contributed by atoms with Crippen molar-refractivity contribution in [2.24, 2.45) is 0 Å². The van der Waals surface area contributed by atoms with E-state index in [2.05, 4.69) is 30.3 Å². The molecule has 0 aromatic heterocycles. The minimum absolute atomic E-state index is 0.0878. The summed E-state index contributed by atoms with van der Waals surface area (Å²) >= 11 is 6.44. The number of fused-ring (bicyclic) bond motifs is 1. The summed E-state index contributed by atoms with van der Waals surface area (Å²) in [7, 11) is 1.93. The van der Waals surface area contributed by atoms with Gasteiger partial charge in [0.25, 0.3) is 5.91 Å². The number of benzene rings is 1. The van der Waals surface area contributed by atoms with Crippen molar-refractivity contribution in [3.8, 4) is 0 Å². The first kappa shape index (κ1) is 11.8. The van der Waals surface area contributed by atoms with Gasteiger partial charge in [-0.2, -0.15) is 0 Å². The number of amides is 1. The molecule has 1 aromatic carbocycles. The Bertz CT molecular complexity index is 816. The highest BCUT2D eigenvalue weighted by molar-refractivity contribution is 6.28. The maximum Gasteiger partial charge on any atom is 0.252 e. The van der Waals surface area contributed by atoms with Gasteiger partial charge < -0.3 is 4.90 Å². The van der Waals surface area contributed by atoms with Gasteiger partial charge in [-0.1, -0.05) is 36.4 Å². The van der Waals surface area contributed by atoms with Crippen molar-refractivity contribution in [2.75, 3.05) is 7.05 Å². The zero-order valence-corrected chi connectivity index (χ0v) is 12.4. The first-order valence-corrected chi connectivity index (χ1v) is 7.78. The highest BCUT2D eigenvalue weighted by atomic mass is 35.5. The van der Waals surface area contributed by atoms with Crippen molar-refractivity contribution in [3.05, 3.63) is 64.3 Å². The van der Waals surface area contributed by atoms with Crippen LogP contribution in [-0.4, -0.2) is 23.2 Å². The number of nitrogens with zero attached hydrogens (tertiary/aromatic N) is 1. The van der Waals surface area contributed by atoms with Crippen molar-refractivity contribution in [1.82, 2.24) is 4.90 Å². The Morgan fingerprint density at radius 2 is 2.14 bits per heavy atom. The first-order valence-electron chi connectivity index (χ1n) is 7.35. The molecule has 2 atom stereocenters. The lowest BCUT2D eigenvalue weighted by molar-refractivity contribution is -0.128. The Hall–Kier alpha value is -1.80. The van der Waals surface area contributed by atoms with Crippen LogP contribution in [0.5, 0.6) is 0 Å². The van der Waals surface area contributed by atoms with Gasteiger partial charge in [-0.25, -0.2) is 0 Å². The summed E-state index contributed by atoms with van der Waals surface area (Å²) in [6.45, 7) is 0. The molecule has 1 spiro atoms. The summed E-state index contributed by atoms with van der Waals surface area (Å²) < 4.78 is 0. The molecule has 104 valence electrons. The smallest absolute Gasteiger partial charge is 0.252 e. The fourth-order valence-corrected chi connectivity index (χ4v) is 4.93. The van der Waals surface area contributed by atoms with E-state index in [0.717, 1.165) is 18.4 Å². The van der Waals surface area contributed by atoms with E-state index in [-0.39, 0.29) is 16.8 Å². The highest BCUT2D eigenvalue weighted by Gasteiger charge is 2.58. The van der Waals surface area contributed by atoms with Gasteiger partial charge in [0.05, 0.1) is 10.9 Å². The summed E-state index contributed by atoms with van der Waals surface area (Å²) in [5, 5.41) is -0.301. The average Bonchev–Trinajstić information content (AvgIpc) is 2.75. The van der Waals surface area contributed by atoms with Gasteiger partial charge in [-0.3, -0.25) is 4.79 Å². The second-order valence-electron chi connectivity index (χ2n) is 6.21. The maximum absolute atomic E-state index is 12.8. The minimum atomic E-state index is -0.301. The topological polar surface area (TPSA) is 20.3 Å². The van der Waals surface area contributed by atoms with Crippen LogP contribution in [0.1, 0.15) is 24.0 Å². The van der Waals surface area contributed by atoms with E-state index in [0.29, 0.717) is 0 Å². The van der Waals surface area contributed by atoms with Crippen LogP contribution in [-0.2, 0) is 10.3 Å². The SMILES string of the molecule is CN1C(=O)C2=C3C(=C4CCC31c1ccccc14)C=CC2Cl. The van der Waals surface area contributed by atoms with Crippen LogP contribution >= 0.6 is 11.6 Å². The summed E-state index contributed by atoms with van der Waals surface area (Å²) in [5.41, 5.74) is 6.88. The molecule has 21 heavy (non-hydrogen) atoms. The standard InChI is InChI=1S/C18H14ClNO/c1-20-17(21)15-14(19)7-6-12-10-8-9-18(20,16(12)15)13-5-3-2-4-11(10)13/h2-7,14H,8-9H2,1H3. The predicted molar refractivity (Wildman–Crippen MR) is 82.9 cm³/mol. The number of halogens is 1. The third-order valence-electron chi connectivity index (χ3n) is 5.53. The molecule has 1 aliphatic heterocycles. The predicted octanol–water partition coefficient (Wildman–Crippen LogP) is 3.39. The molecule has 0 saturated heterocycles. The molecule has 3 heteroatoms. The molecular weight excluding hydrogens is 282 g/mol. The van der Waals surface area contributed by atoms with Crippen molar-refractivity contribution >= 4 is 23.1 Å². The monoisotopic (exact) mass is 295 g/mol. The van der Waals surface area contributed by atoms with Crippen molar-refractivity contribution in [1.29, 1.82) is 0 Å². The minimum Gasteiger partial charge on any atom is -0.328 e. The molecule has 1 heterocycles. The zero-order valence-electron chi connectivity index (χ0n) is 11.7. The van der Waals surface area contributed by atoms with Gasteiger partial charge in [0.2, 0.25) is 0 Å². The summed E-state index contributed by atoms with van der Waals surface area (Å²) in [4.78, 5) is 14.7. The van der Waals surface area contributed by atoms with Crippen LogP contribution in [0, 0.1) is 0 Å². The molecular formula is C18H14ClNO. The second-order valence-corrected chi connectivity index (χ2v) is 6.68. The van der Waals surface area contributed by atoms with E-state index in [4.69, 9.17) is 11.6 Å².